The van der Waals surface area contributed by atoms with Crippen molar-refractivity contribution in [3.05, 3.63) is 95.8 Å². The Morgan fingerprint density at radius 2 is 1.56 bits per heavy atom. The first kappa shape index (κ1) is 23.2. The van der Waals surface area contributed by atoms with Gasteiger partial charge in [-0.1, -0.05) is 54.1 Å². The summed E-state index contributed by atoms with van der Waals surface area (Å²) in [7, 11) is 0. The van der Waals surface area contributed by atoms with Crippen LogP contribution < -0.4 is 4.74 Å². The lowest BCUT2D eigenvalue weighted by Crippen LogP contribution is -2.17. The molecular weight excluding hydrogens is 443 g/mol. The molecule has 0 unspecified atom stereocenters. The van der Waals surface area contributed by atoms with Crippen molar-refractivity contribution in [3.63, 3.8) is 0 Å². The van der Waals surface area contributed by atoms with E-state index in [0.717, 1.165) is 16.7 Å². The van der Waals surface area contributed by atoms with E-state index in [4.69, 9.17) is 0 Å². The van der Waals surface area contributed by atoms with Gasteiger partial charge in [-0.05, 0) is 48.7 Å². The van der Waals surface area contributed by atoms with Gasteiger partial charge in [0.15, 0.2) is 5.82 Å². The molecule has 0 atom stereocenters. The Kier molecular flexibility index (Phi) is 6.77. The smallest absolute Gasteiger partial charge is 0.406 e. The van der Waals surface area contributed by atoms with E-state index in [1.807, 2.05) is 55.5 Å². The summed E-state index contributed by atoms with van der Waals surface area (Å²) < 4.78 is 42.3. The molecule has 0 saturated heterocycles. The van der Waals surface area contributed by atoms with Gasteiger partial charge in [0, 0.05) is 18.4 Å². The lowest BCUT2D eigenvalue weighted by molar-refractivity contribution is -0.274. The van der Waals surface area contributed by atoms with Gasteiger partial charge in [-0.3, -0.25) is 4.79 Å². The number of ketones is 1. The Morgan fingerprint density at radius 3 is 2.21 bits per heavy atom. The molecular formula is C26H22F3N3O2. The third kappa shape index (κ3) is 6.31. The molecule has 0 N–H and O–H groups in total. The molecule has 3 aromatic carbocycles. The molecule has 0 bridgehead atoms. The standard InChI is InChI=1S/C26H22F3N3O2/c1-18-2-4-20(5-3-18)16-23(33)13-8-19-6-9-21(10-7-19)25-30-17-32(31-25)22-11-14-24(15-12-22)34-26(27,28)29/h2-7,9-12,14-15,17H,8,13,16H2,1H3. The highest BCUT2D eigenvalue weighted by Gasteiger charge is 2.31. The second-order valence-electron chi connectivity index (χ2n) is 7.95. The Bertz CT molecular complexity index is 1250. The molecule has 0 radical (unpaired) electrons. The van der Waals surface area contributed by atoms with Gasteiger partial charge in [0.1, 0.15) is 17.9 Å². The number of alkyl halides is 3. The zero-order valence-corrected chi connectivity index (χ0v) is 18.4. The highest BCUT2D eigenvalue weighted by Crippen LogP contribution is 2.24. The number of nitrogens with zero attached hydrogens (tertiary/aromatic N) is 3. The number of Topliss-reactive ketones (excluding diaryl/α,β-unsaturated/α-hetero) is 1. The van der Waals surface area contributed by atoms with E-state index in [2.05, 4.69) is 14.8 Å². The van der Waals surface area contributed by atoms with E-state index in [1.165, 1.54) is 40.8 Å². The van der Waals surface area contributed by atoms with Crippen molar-refractivity contribution >= 4 is 5.78 Å². The molecule has 0 aliphatic carbocycles. The number of benzene rings is 3. The van der Waals surface area contributed by atoms with Crippen molar-refractivity contribution in [2.24, 2.45) is 0 Å². The quantitative estimate of drug-likeness (QED) is 0.326. The van der Waals surface area contributed by atoms with Crippen molar-refractivity contribution in [3.8, 4) is 22.8 Å². The number of aromatic nitrogens is 3. The fraction of sp³-hybridized carbons (Fsp3) is 0.192. The summed E-state index contributed by atoms with van der Waals surface area (Å²) in [5.41, 5.74) is 4.59. The number of aryl methyl sites for hydroxylation is 2. The third-order valence-electron chi connectivity index (χ3n) is 5.25. The molecule has 0 amide bonds. The first-order valence-electron chi connectivity index (χ1n) is 10.7. The number of halogens is 3. The van der Waals surface area contributed by atoms with E-state index in [-0.39, 0.29) is 11.5 Å². The van der Waals surface area contributed by atoms with Gasteiger partial charge < -0.3 is 4.74 Å². The molecule has 0 spiro atoms. The van der Waals surface area contributed by atoms with Gasteiger partial charge in [-0.15, -0.1) is 18.3 Å². The maximum Gasteiger partial charge on any atom is 0.573 e. The predicted octanol–water partition coefficient (Wildman–Crippen LogP) is 5.89. The van der Waals surface area contributed by atoms with E-state index < -0.39 is 6.36 Å². The molecule has 0 saturated carbocycles. The lowest BCUT2D eigenvalue weighted by atomic mass is 10.0. The van der Waals surface area contributed by atoms with Gasteiger partial charge >= 0.3 is 6.36 Å². The number of ether oxygens (including phenoxy) is 1. The minimum Gasteiger partial charge on any atom is -0.406 e. The maximum absolute atomic E-state index is 12.3. The van der Waals surface area contributed by atoms with Crippen molar-refractivity contribution < 1.29 is 22.7 Å². The van der Waals surface area contributed by atoms with E-state index in [9.17, 15) is 18.0 Å². The molecule has 1 aromatic heterocycles. The van der Waals surface area contributed by atoms with Crippen LogP contribution >= 0.6 is 0 Å². The fourth-order valence-electron chi connectivity index (χ4n) is 3.45. The second kappa shape index (κ2) is 9.91. The molecule has 4 rings (SSSR count). The maximum atomic E-state index is 12.3. The molecule has 174 valence electrons. The topological polar surface area (TPSA) is 57.0 Å². The summed E-state index contributed by atoms with van der Waals surface area (Å²) in [4.78, 5) is 16.6. The van der Waals surface area contributed by atoms with Gasteiger partial charge in [0.2, 0.25) is 0 Å². The summed E-state index contributed by atoms with van der Waals surface area (Å²) in [5.74, 6) is 0.377. The number of carbonyl (C=O) groups excluding carboxylic acids is 1. The second-order valence-corrected chi connectivity index (χ2v) is 7.95. The number of rotatable bonds is 8. The normalized spacial score (nSPS) is 11.4. The first-order chi connectivity index (χ1) is 16.2. The Morgan fingerprint density at radius 1 is 0.912 bits per heavy atom. The lowest BCUT2D eigenvalue weighted by Gasteiger charge is -2.09. The average Bonchev–Trinajstić information content (AvgIpc) is 3.29. The largest absolute Gasteiger partial charge is 0.573 e. The van der Waals surface area contributed by atoms with Crippen LogP contribution in [-0.2, 0) is 17.6 Å². The molecule has 34 heavy (non-hydrogen) atoms. The van der Waals surface area contributed by atoms with Crippen LogP contribution in [0.3, 0.4) is 0 Å². The van der Waals surface area contributed by atoms with Crippen LogP contribution in [0.25, 0.3) is 17.1 Å². The number of carbonyl (C=O) groups is 1. The Balaban J connectivity index is 1.34. The molecule has 0 fully saturated rings. The number of hydrogen-bond acceptors (Lipinski definition) is 4. The van der Waals surface area contributed by atoms with Gasteiger partial charge in [-0.2, -0.15) is 0 Å². The van der Waals surface area contributed by atoms with Crippen LogP contribution in [0.4, 0.5) is 13.2 Å². The van der Waals surface area contributed by atoms with E-state index >= 15 is 0 Å². The van der Waals surface area contributed by atoms with Crippen LogP contribution in [0.2, 0.25) is 0 Å². The van der Waals surface area contributed by atoms with Gasteiger partial charge in [-0.25, -0.2) is 9.67 Å². The van der Waals surface area contributed by atoms with Crippen LogP contribution in [0.5, 0.6) is 5.75 Å². The minimum atomic E-state index is -4.73. The Labute approximate surface area is 194 Å². The highest BCUT2D eigenvalue weighted by atomic mass is 19.4. The SMILES string of the molecule is Cc1ccc(CC(=O)CCc2ccc(-c3ncn(-c4ccc(OC(F)(F)F)cc4)n3)cc2)cc1. The van der Waals surface area contributed by atoms with Crippen molar-refractivity contribution in [2.45, 2.75) is 32.5 Å². The zero-order valence-electron chi connectivity index (χ0n) is 18.4. The molecule has 4 aromatic rings. The molecule has 0 aliphatic rings. The summed E-state index contributed by atoms with van der Waals surface area (Å²) in [6.07, 6.45) is -1.69. The van der Waals surface area contributed by atoms with E-state index in [1.54, 1.807) is 0 Å². The molecule has 8 heteroatoms. The predicted molar refractivity (Wildman–Crippen MR) is 122 cm³/mol. The molecule has 1 heterocycles. The summed E-state index contributed by atoms with van der Waals surface area (Å²) >= 11 is 0. The van der Waals surface area contributed by atoms with Crippen molar-refractivity contribution in [1.82, 2.24) is 14.8 Å². The third-order valence-corrected chi connectivity index (χ3v) is 5.25. The van der Waals surface area contributed by atoms with Gasteiger partial charge in [0.05, 0.1) is 5.69 Å². The van der Waals surface area contributed by atoms with Crippen molar-refractivity contribution in [1.29, 1.82) is 0 Å². The summed E-state index contributed by atoms with van der Waals surface area (Å²) in [6, 6.07) is 21.0. The average molecular weight is 465 g/mol. The van der Waals surface area contributed by atoms with E-state index in [0.29, 0.717) is 30.8 Å². The summed E-state index contributed by atoms with van der Waals surface area (Å²) in [5, 5.41) is 4.40. The minimum absolute atomic E-state index is 0.194. The van der Waals surface area contributed by atoms with Crippen LogP contribution in [0.1, 0.15) is 23.1 Å². The number of hydrogen-bond donors (Lipinski definition) is 0. The fourth-order valence-corrected chi connectivity index (χ4v) is 3.45. The van der Waals surface area contributed by atoms with Crippen LogP contribution in [0, 0.1) is 6.92 Å². The first-order valence-corrected chi connectivity index (χ1v) is 10.7. The van der Waals surface area contributed by atoms with Crippen LogP contribution in [-0.4, -0.2) is 26.9 Å². The monoisotopic (exact) mass is 465 g/mol. The summed E-state index contributed by atoms with van der Waals surface area (Å²) in [6.45, 7) is 2.02. The van der Waals surface area contributed by atoms with Gasteiger partial charge in [0.25, 0.3) is 0 Å². The zero-order chi connectivity index (χ0) is 24.1. The molecule has 5 nitrogen and oxygen atoms in total. The van der Waals surface area contributed by atoms with Crippen molar-refractivity contribution in [2.75, 3.05) is 0 Å². The highest BCUT2D eigenvalue weighted by molar-refractivity contribution is 5.81. The Hall–Kier alpha value is -3.94. The molecule has 0 aliphatic heterocycles. The van der Waals surface area contributed by atoms with Crippen LogP contribution in [0.15, 0.2) is 79.1 Å².